The van der Waals surface area contributed by atoms with Crippen molar-refractivity contribution in [1.82, 2.24) is 10.6 Å². The van der Waals surface area contributed by atoms with Crippen LogP contribution in [0.4, 0.5) is 4.39 Å². The highest BCUT2D eigenvalue weighted by Crippen LogP contribution is 2.37. The Labute approximate surface area is 212 Å². The number of amides is 1. The highest BCUT2D eigenvalue weighted by molar-refractivity contribution is 7.92. The van der Waals surface area contributed by atoms with Crippen LogP contribution >= 0.6 is 0 Å². The fourth-order valence-corrected chi connectivity index (χ4v) is 7.67. The van der Waals surface area contributed by atoms with Crippen molar-refractivity contribution in [2.24, 2.45) is 0 Å². The third kappa shape index (κ3) is 5.34. The molecule has 7 nitrogen and oxygen atoms in total. The smallest absolute Gasteiger partial charge is 0.230 e. The number of rotatable bonds is 7. The van der Waals surface area contributed by atoms with Gasteiger partial charge in [0.25, 0.3) is 0 Å². The van der Waals surface area contributed by atoms with Crippen LogP contribution in [0.25, 0.3) is 0 Å². The van der Waals surface area contributed by atoms with Crippen LogP contribution in [0.1, 0.15) is 48.6 Å². The van der Waals surface area contributed by atoms with Crippen LogP contribution in [-0.4, -0.2) is 63.1 Å². The first-order chi connectivity index (χ1) is 17.1. The van der Waals surface area contributed by atoms with Crippen molar-refractivity contribution in [2.75, 3.05) is 26.3 Å². The van der Waals surface area contributed by atoms with E-state index >= 15 is 4.39 Å². The molecule has 36 heavy (non-hydrogen) atoms. The lowest BCUT2D eigenvalue weighted by atomic mass is 9.73. The SMILES string of the molecule is C[C@@H]1NC[C@@H](c2ccccc2)S(=O)(=O)C1Cc1ccc(C2(C(=O)NC[C@@H](C)O)CCOCC2)cc1F. The Kier molecular flexibility index (Phi) is 8.14. The molecular weight excluding hydrogens is 483 g/mol. The van der Waals surface area contributed by atoms with Gasteiger partial charge in [0, 0.05) is 32.3 Å². The van der Waals surface area contributed by atoms with Crippen LogP contribution < -0.4 is 10.6 Å². The summed E-state index contributed by atoms with van der Waals surface area (Å²) in [6, 6.07) is 13.5. The van der Waals surface area contributed by atoms with E-state index in [1.54, 1.807) is 19.1 Å². The summed E-state index contributed by atoms with van der Waals surface area (Å²) in [7, 11) is -3.59. The Morgan fingerprint density at radius 3 is 2.56 bits per heavy atom. The molecule has 2 fully saturated rings. The molecule has 0 bridgehead atoms. The molecule has 4 rings (SSSR count). The highest BCUT2D eigenvalue weighted by Gasteiger charge is 2.44. The molecule has 2 aliphatic heterocycles. The molecule has 0 aromatic heterocycles. The summed E-state index contributed by atoms with van der Waals surface area (Å²) in [6.07, 6.45) is 0.135. The summed E-state index contributed by atoms with van der Waals surface area (Å²) in [4.78, 5) is 13.1. The van der Waals surface area contributed by atoms with E-state index in [4.69, 9.17) is 4.74 Å². The van der Waals surface area contributed by atoms with E-state index in [2.05, 4.69) is 10.6 Å². The van der Waals surface area contributed by atoms with E-state index in [0.717, 1.165) is 5.56 Å². The first-order valence-corrected chi connectivity index (χ1v) is 14.1. The topological polar surface area (TPSA) is 105 Å². The fraction of sp³-hybridized carbons (Fsp3) is 0.519. The van der Waals surface area contributed by atoms with Gasteiger partial charge in [-0.15, -0.1) is 0 Å². The number of hydrogen-bond acceptors (Lipinski definition) is 6. The number of hydrogen-bond donors (Lipinski definition) is 3. The number of nitrogens with one attached hydrogen (secondary N) is 2. The quantitative estimate of drug-likeness (QED) is 0.520. The van der Waals surface area contributed by atoms with Gasteiger partial charge < -0.3 is 20.5 Å². The monoisotopic (exact) mass is 518 g/mol. The first-order valence-electron chi connectivity index (χ1n) is 12.5. The number of benzene rings is 2. The van der Waals surface area contributed by atoms with Crippen LogP contribution in [0.2, 0.25) is 0 Å². The maximum atomic E-state index is 15.5. The molecule has 4 atom stereocenters. The molecule has 0 aliphatic carbocycles. The molecule has 2 saturated heterocycles. The summed E-state index contributed by atoms with van der Waals surface area (Å²) in [5, 5.41) is 14.2. The molecule has 2 heterocycles. The highest BCUT2D eigenvalue weighted by atomic mass is 32.2. The van der Waals surface area contributed by atoms with Gasteiger partial charge in [-0.05, 0) is 55.9 Å². The second kappa shape index (κ2) is 11.0. The number of sulfone groups is 1. The Morgan fingerprint density at radius 1 is 1.22 bits per heavy atom. The minimum absolute atomic E-state index is 0.0380. The zero-order valence-electron chi connectivity index (χ0n) is 20.7. The van der Waals surface area contributed by atoms with Crippen LogP contribution in [0.15, 0.2) is 48.5 Å². The lowest BCUT2D eigenvalue weighted by Crippen LogP contribution is -2.53. The third-order valence-corrected chi connectivity index (χ3v) is 10.2. The molecule has 0 spiro atoms. The maximum Gasteiger partial charge on any atom is 0.230 e. The number of carbonyl (C=O) groups excluding carboxylic acids is 1. The number of aliphatic hydroxyl groups excluding tert-OH is 1. The molecule has 2 aromatic rings. The molecule has 1 amide bonds. The summed E-state index contributed by atoms with van der Waals surface area (Å²) in [5.74, 6) is -0.789. The predicted octanol–water partition coefficient (Wildman–Crippen LogP) is 2.43. The van der Waals surface area contributed by atoms with Gasteiger partial charge in [0.15, 0.2) is 9.84 Å². The van der Waals surface area contributed by atoms with Crippen molar-refractivity contribution in [2.45, 2.75) is 61.2 Å². The molecule has 0 radical (unpaired) electrons. The van der Waals surface area contributed by atoms with Crippen LogP contribution in [0.3, 0.4) is 0 Å². The minimum atomic E-state index is -3.59. The van der Waals surface area contributed by atoms with Gasteiger partial charge in [-0.3, -0.25) is 4.79 Å². The van der Waals surface area contributed by atoms with E-state index in [1.807, 2.05) is 37.3 Å². The number of aliphatic hydroxyl groups is 1. The maximum absolute atomic E-state index is 15.5. The zero-order chi connectivity index (χ0) is 25.9. The summed E-state index contributed by atoms with van der Waals surface area (Å²) in [6.45, 7) is 4.57. The molecule has 9 heteroatoms. The van der Waals surface area contributed by atoms with Crippen LogP contribution in [-0.2, 0) is 31.2 Å². The second-order valence-electron chi connectivity index (χ2n) is 9.99. The molecule has 0 saturated carbocycles. The van der Waals surface area contributed by atoms with Crippen LogP contribution in [0.5, 0.6) is 0 Å². The lowest BCUT2D eigenvalue weighted by molar-refractivity contribution is -0.130. The summed E-state index contributed by atoms with van der Waals surface area (Å²) < 4.78 is 48.1. The Morgan fingerprint density at radius 2 is 1.92 bits per heavy atom. The molecule has 1 unspecified atom stereocenters. The third-order valence-electron chi connectivity index (χ3n) is 7.54. The van der Waals surface area contributed by atoms with Gasteiger partial charge >= 0.3 is 0 Å². The Hall–Kier alpha value is -2.33. The van der Waals surface area contributed by atoms with Crippen molar-refractivity contribution in [3.8, 4) is 0 Å². The number of ether oxygens (including phenoxy) is 1. The Balaban J connectivity index is 1.60. The van der Waals surface area contributed by atoms with Crippen molar-refractivity contribution in [3.05, 3.63) is 71.0 Å². The van der Waals surface area contributed by atoms with Gasteiger partial charge in [-0.1, -0.05) is 42.5 Å². The van der Waals surface area contributed by atoms with Crippen LogP contribution in [0, 0.1) is 5.82 Å². The van der Waals surface area contributed by atoms with Crippen molar-refractivity contribution in [3.63, 3.8) is 0 Å². The van der Waals surface area contributed by atoms with Gasteiger partial charge in [0.2, 0.25) is 5.91 Å². The number of carbonyl (C=O) groups is 1. The molecule has 3 N–H and O–H groups in total. The van der Waals surface area contributed by atoms with Gasteiger partial charge in [-0.25, -0.2) is 12.8 Å². The normalized spacial score (nSPS) is 26.2. The fourth-order valence-electron chi connectivity index (χ4n) is 5.31. The number of halogens is 1. The van der Waals surface area contributed by atoms with Gasteiger partial charge in [0.05, 0.1) is 22.0 Å². The van der Waals surface area contributed by atoms with E-state index in [0.29, 0.717) is 43.7 Å². The Bertz CT molecular complexity index is 1170. The largest absolute Gasteiger partial charge is 0.392 e. The van der Waals surface area contributed by atoms with Gasteiger partial charge in [-0.2, -0.15) is 0 Å². The van der Waals surface area contributed by atoms with E-state index in [1.165, 1.54) is 6.07 Å². The molecule has 2 aromatic carbocycles. The lowest BCUT2D eigenvalue weighted by Gasteiger charge is -2.37. The average Bonchev–Trinajstić information content (AvgIpc) is 2.86. The minimum Gasteiger partial charge on any atom is -0.392 e. The second-order valence-corrected chi connectivity index (χ2v) is 12.3. The molecular formula is C27H35FN2O5S. The summed E-state index contributed by atoms with van der Waals surface area (Å²) in [5.41, 5.74) is 0.607. The van der Waals surface area contributed by atoms with Gasteiger partial charge in [0.1, 0.15) is 5.82 Å². The van der Waals surface area contributed by atoms with E-state index in [9.17, 15) is 18.3 Å². The average molecular weight is 519 g/mol. The van der Waals surface area contributed by atoms with Crippen molar-refractivity contribution < 1.29 is 27.4 Å². The molecule has 196 valence electrons. The zero-order valence-corrected chi connectivity index (χ0v) is 21.6. The first kappa shape index (κ1) is 26.7. The summed E-state index contributed by atoms with van der Waals surface area (Å²) >= 11 is 0. The van der Waals surface area contributed by atoms with E-state index < -0.39 is 37.7 Å². The van der Waals surface area contributed by atoms with E-state index in [-0.39, 0.29) is 24.9 Å². The predicted molar refractivity (Wildman–Crippen MR) is 136 cm³/mol. The standard InChI is InChI=1S/C27H35FN2O5S/c1-18(31)16-30-26(32)27(10-12-35-13-11-27)22-9-8-21(23(28)15-22)14-24-19(2)29-17-25(36(24,33)34)20-6-4-3-5-7-20/h3-9,15,18-19,24-25,29,31H,10-14,16-17H2,1-2H3,(H,30,32)/t18-,19+,24?,25+/m1/s1. The molecule has 2 aliphatic rings. The van der Waals surface area contributed by atoms with Crippen molar-refractivity contribution in [1.29, 1.82) is 0 Å². The van der Waals surface area contributed by atoms with Crippen molar-refractivity contribution >= 4 is 15.7 Å².